The van der Waals surface area contributed by atoms with E-state index in [1.165, 1.54) is 6.92 Å². The predicted octanol–water partition coefficient (Wildman–Crippen LogP) is 4.40. The number of nitrogens with one attached hydrogen (secondary N) is 2. The first kappa shape index (κ1) is 47.0. The fraction of sp³-hybridized carbons (Fsp3) is 0.732. The Bertz CT molecular complexity index is 1320. The molecule has 13 heteroatoms. The Morgan fingerprint density at radius 1 is 0.981 bits per heavy atom. The summed E-state index contributed by atoms with van der Waals surface area (Å²) in [5.74, 6) is -0.577. The molecule has 1 aromatic carbocycles. The van der Waals surface area contributed by atoms with E-state index in [4.69, 9.17) is 9.47 Å². The van der Waals surface area contributed by atoms with E-state index in [-0.39, 0.29) is 78.1 Å². The van der Waals surface area contributed by atoms with Gasteiger partial charge in [0.25, 0.3) is 0 Å². The Morgan fingerprint density at radius 2 is 1.65 bits per heavy atom. The molecule has 1 aliphatic heterocycles. The highest BCUT2D eigenvalue weighted by molar-refractivity contribution is 8.00. The van der Waals surface area contributed by atoms with E-state index in [0.29, 0.717) is 18.8 Å². The number of carbonyl (C=O) groups is 5. The van der Waals surface area contributed by atoms with Gasteiger partial charge in [-0.15, -0.1) is 0 Å². The summed E-state index contributed by atoms with van der Waals surface area (Å²) in [5.41, 5.74) is 1.14. The molecule has 2 N–H and O–H groups in total. The number of likely N-dealkylation sites (N-methyl/N-ethyl adjacent to an activating group) is 2. The van der Waals surface area contributed by atoms with Crippen LogP contribution >= 0.6 is 11.8 Å². The predicted molar refractivity (Wildman–Crippen MR) is 216 cm³/mol. The summed E-state index contributed by atoms with van der Waals surface area (Å²) in [6.07, 6.45) is 2.70. The Hall–Kier alpha value is -3.16. The van der Waals surface area contributed by atoms with Gasteiger partial charge in [-0.05, 0) is 56.7 Å². The summed E-state index contributed by atoms with van der Waals surface area (Å²) in [6.45, 7) is 14.6. The van der Waals surface area contributed by atoms with Crippen LogP contribution in [0.15, 0.2) is 30.3 Å². The van der Waals surface area contributed by atoms with Crippen molar-refractivity contribution >= 4 is 41.4 Å². The van der Waals surface area contributed by atoms with E-state index in [0.717, 1.165) is 31.2 Å². The van der Waals surface area contributed by atoms with E-state index in [9.17, 15) is 24.0 Å². The minimum absolute atomic E-state index is 0.0102. The number of esters is 1. The molecular formula is C41H69N5O7S. The summed E-state index contributed by atoms with van der Waals surface area (Å²) in [5, 5.41) is 5.90. The maximum absolute atomic E-state index is 14.3. The van der Waals surface area contributed by atoms with Crippen LogP contribution in [0.25, 0.3) is 0 Å². The second-order valence-electron chi connectivity index (χ2n) is 15.5. The molecule has 1 aliphatic rings. The van der Waals surface area contributed by atoms with Crippen molar-refractivity contribution in [1.29, 1.82) is 0 Å². The molecule has 0 aliphatic carbocycles. The molecule has 4 amide bonds. The lowest BCUT2D eigenvalue weighted by Gasteiger charge is -2.41. The molecule has 1 aromatic rings. The number of carbonyl (C=O) groups excluding carboxylic acids is 5. The number of hydrogen-bond donors (Lipinski definition) is 2. The van der Waals surface area contributed by atoms with Crippen LogP contribution in [0.1, 0.15) is 86.1 Å². The third kappa shape index (κ3) is 14.5. The van der Waals surface area contributed by atoms with Gasteiger partial charge >= 0.3 is 5.97 Å². The summed E-state index contributed by atoms with van der Waals surface area (Å²) in [4.78, 5) is 72.1. The van der Waals surface area contributed by atoms with Crippen molar-refractivity contribution in [3.63, 3.8) is 0 Å². The topological polar surface area (TPSA) is 138 Å². The smallest absolute Gasteiger partial charge is 0.302 e. The van der Waals surface area contributed by atoms with Gasteiger partial charge in [-0.3, -0.25) is 28.9 Å². The fourth-order valence-electron chi connectivity index (χ4n) is 7.55. The van der Waals surface area contributed by atoms with Gasteiger partial charge in [0.1, 0.15) is 12.6 Å². The van der Waals surface area contributed by atoms with Crippen molar-refractivity contribution in [2.75, 3.05) is 53.7 Å². The Balaban J connectivity index is 2.26. The lowest BCUT2D eigenvalue weighted by molar-refractivity contribution is -0.146. The summed E-state index contributed by atoms with van der Waals surface area (Å²) in [7, 11) is 7.04. The lowest BCUT2D eigenvalue weighted by Crippen LogP contribution is -2.59. The summed E-state index contributed by atoms with van der Waals surface area (Å²) in [6, 6.07) is 8.21. The first-order valence-electron chi connectivity index (χ1n) is 19.6. The van der Waals surface area contributed by atoms with Crippen molar-refractivity contribution in [1.82, 2.24) is 25.3 Å². The number of nitrogens with zero attached hydrogens (tertiary/aromatic N) is 3. The number of methoxy groups -OCH3 is 1. The molecule has 1 heterocycles. The van der Waals surface area contributed by atoms with E-state index in [1.54, 1.807) is 30.8 Å². The molecule has 1 saturated heterocycles. The minimum atomic E-state index is -0.755. The van der Waals surface area contributed by atoms with Crippen LogP contribution in [0.3, 0.4) is 0 Å². The van der Waals surface area contributed by atoms with Crippen molar-refractivity contribution in [3.8, 4) is 0 Å². The van der Waals surface area contributed by atoms with Crippen LogP contribution < -0.4 is 10.6 Å². The van der Waals surface area contributed by atoms with E-state index < -0.39 is 24.2 Å². The zero-order chi connectivity index (χ0) is 40.5. The van der Waals surface area contributed by atoms with Crippen LogP contribution in [-0.4, -0.2) is 134 Å². The largest absolute Gasteiger partial charge is 0.465 e. The molecule has 1 fully saturated rings. The highest BCUT2D eigenvalue weighted by atomic mass is 32.2. The van der Waals surface area contributed by atoms with Gasteiger partial charge in [0.2, 0.25) is 23.6 Å². The molecule has 0 radical (unpaired) electrons. The maximum atomic E-state index is 14.3. The number of likely N-dealkylation sites (tertiary alicyclic amines) is 1. The van der Waals surface area contributed by atoms with Crippen LogP contribution in [0.2, 0.25) is 0 Å². The van der Waals surface area contributed by atoms with Crippen molar-refractivity contribution in [3.05, 3.63) is 35.9 Å². The molecule has 0 bridgehead atoms. The third-order valence-electron chi connectivity index (χ3n) is 10.5. The number of benzene rings is 1. The molecule has 0 aromatic heterocycles. The standard InChI is InChI=1S/C41H69N5O7S/c1-12-29(6)39(45(10)41(51)37(27(2)3)43-40(50)38(28(4)5)44(8)9)33(52-11)25-36(49)46-22-16-19-32(46)34(54-24-23-53-30(7)47)26-35(48)42-21-20-31-17-14-13-15-18-31/h13-15,17-18,27-29,32-34,37-39H,12,16,19-26H2,1-11H3,(H,42,48)(H,43,50). The van der Waals surface area contributed by atoms with E-state index in [2.05, 4.69) is 24.5 Å². The van der Waals surface area contributed by atoms with Crippen LogP contribution in [0.4, 0.5) is 0 Å². The Morgan fingerprint density at radius 3 is 2.20 bits per heavy atom. The number of ether oxygens (including phenoxy) is 2. The first-order valence-corrected chi connectivity index (χ1v) is 20.7. The molecule has 0 saturated carbocycles. The average molecular weight is 776 g/mol. The molecule has 7 atom stereocenters. The lowest BCUT2D eigenvalue weighted by atomic mass is 9.89. The maximum Gasteiger partial charge on any atom is 0.302 e. The number of thioether (sulfide) groups is 1. The van der Waals surface area contributed by atoms with Crippen LogP contribution in [-0.2, 0) is 39.9 Å². The van der Waals surface area contributed by atoms with Crippen molar-refractivity contribution in [2.45, 2.75) is 123 Å². The second-order valence-corrected chi connectivity index (χ2v) is 16.9. The normalized spacial score (nSPS) is 17.8. The summed E-state index contributed by atoms with van der Waals surface area (Å²) >= 11 is 1.55. The van der Waals surface area contributed by atoms with Gasteiger partial charge < -0.3 is 29.9 Å². The molecule has 2 rings (SSSR count). The zero-order valence-corrected chi connectivity index (χ0v) is 35.6. The Kier molecular flexibility index (Phi) is 20.6. The van der Waals surface area contributed by atoms with Gasteiger partial charge in [-0.25, -0.2) is 0 Å². The van der Waals surface area contributed by atoms with Gasteiger partial charge in [0.05, 0.1) is 24.6 Å². The number of rotatable bonds is 23. The molecular weight excluding hydrogens is 707 g/mol. The SMILES string of the molecule is CCC(C)C(C(CC(=O)N1CCCC1C(CC(=O)NCCc1ccccc1)SCCOC(C)=O)OC)N(C)C(=O)C(NC(=O)C(C(C)C)N(C)C)C(C)C. The van der Waals surface area contributed by atoms with Crippen molar-refractivity contribution in [2.24, 2.45) is 17.8 Å². The summed E-state index contributed by atoms with van der Waals surface area (Å²) < 4.78 is 11.2. The molecule has 7 unspecified atom stereocenters. The zero-order valence-electron chi connectivity index (χ0n) is 34.8. The van der Waals surface area contributed by atoms with Crippen molar-refractivity contribution < 1.29 is 33.4 Å². The molecule has 306 valence electrons. The number of hydrogen-bond acceptors (Lipinski definition) is 9. The monoisotopic (exact) mass is 775 g/mol. The highest BCUT2D eigenvalue weighted by Gasteiger charge is 2.41. The minimum Gasteiger partial charge on any atom is -0.465 e. The van der Waals surface area contributed by atoms with E-state index in [1.807, 2.05) is 81.9 Å². The Labute approximate surface area is 329 Å². The van der Waals surface area contributed by atoms with Crippen LogP contribution in [0.5, 0.6) is 0 Å². The van der Waals surface area contributed by atoms with Gasteiger partial charge in [0.15, 0.2) is 0 Å². The fourth-order valence-corrected chi connectivity index (χ4v) is 8.81. The quantitative estimate of drug-likeness (QED) is 0.123. The number of amides is 4. The molecule has 54 heavy (non-hydrogen) atoms. The molecule has 0 spiro atoms. The average Bonchev–Trinajstić information content (AvgIpc) is 3.61. The van der Waals surface area contributed by atoms with Gasteiger partial charge in [-0.1, -0.05) is 78.3 Å². The highest BCUT2D eigenvalue weighted by Crippen LogP contribution is 2.32. The third-order valence-corrected chi connectivity index (χ3v) is 11.8. The first-order chi connectivity index (χ1) is 25.5. The van der Waals surface area contributed by atoms with E-state index >= 15 is 0 Å². The van der Waals surface area contributed by atoms with Crippen LogP contribution in [0, 0.1) is 17.8 Å². The van der Waals surface area contributed by atoms with Gasteiger partial charge in [-0.2, -0.15) is 11.8 Å². The second kappa shape index (κ2) is 23.7. The molecule has 12 nitrogen and oxygen atoms in total. The van der Waals surface area contributed by atoms with Gasteiger partial charge in [0, 0.05) is 57.6 Å².